The van der Waals surface area contributed by atoms with Crippen molar-refractivity contribution in [2.24, 2.45) is 11.7 Å². The number of hydrogen-bond donors (Lipinski definition) is 3. The van der Waals surface area contributed by atoms with Crippen molar-refractivity contribution in [1.29, 1.82) is 0 Å². The van der Waals surface area contributed by atoms with Crippen molar-refractivity contribution in [3.05, 3.63) is 24.0 Å². The first-order chi connectivity index (χ1) is 7.93. The van der Waals surface area contributed by atoms with Crippen LogP contribution in [0.4, 0.5) is 5.69 Å². The van der Waals surface area contributed by atoms with Gasteiger partial charge in [0.1, 0.15) is 0 Å². The maximum Gasteiger partial charge on any atom is 0.0795 e. The standard InChI is InChI=1S/C13H21N3O/c1-8-5-9(6-12(15)13(8,2)17)10-3-4-16-7-11(10)14/h3-4,7-9,12,17H,5-6,14-15H2,1-2H3/t8-,9+,12+,13+/m0/s1. The third-order valence-corrected chi connectivity index (χ3v) is 4.25. The molecule has 0 bridgehead atoms. The second-order valence-corrected chi connectivity index (χ2v) is 5.41. The average molecular weight is 235 g/mol. The number of anilines is 1. The molecule has 1 aromatic rings. The van der Waals surface area contributed by atoms with E-state index in [2.05, 4.69) is 4.98 Å². The van der Waals surface area contributed by atoms with Gasteiger partial charge in [-0.25, -0.2) is 0 Å². The van der Waals surface area contributed by atoms with Crippen LogP contribution < -0.4 is 11.5 Å². The van der Waals surface area contributed by atoms with Crippen LogP contribution in [0.2, 0.25) is 0 Å². The van der Waals surface area contributed by atoms with Gasteiger partial charge in [-0.15, -0.1) is 0 Å². The van der Waals surface area contributed by atoms with Crippen LogP contribution in [0.5, 0.6) is 0 Å². The van der Waals surface area contributed by atoms with Crippen molar-refractivity contribution >= 4 is 5.69 Å². The first-order valence-corrected chi connectivity index (χ1v) is 6.10. The van der Waals surface area contributed by atoms with Crippen LogP contribution in [-0.2, 0) is 0 Å². The molecule has 0 amide bonds. The van der Waals surface area contributed by atoms with E-state index in [1.54, 1.807) is 12.4 Å². The molecule has 0 aromatic carbocycles. The van der Waals surface area contributed by atoms with Crippen LogP contribution in [0.1, 0.15) is 38.2 Å². The number of nitrogens with two attached hydrogens (primary N) is 2. The highest BCUT2D eigenvalue weighted by Crippen LogP contribution is 2.42. The zero-order valence-corrected chi connectivity index (χ0v) is 10.4. The Kier molecular flexibility index (Phi) is 3.10. The summed E-state index contributed by atoms with van der Waals surface area (Å²) in [6, 6.07) is 1.75. The Labute approximate surface area is 102 Å². The molecular weight excluding hydrogens is 214 g/mol. The largest absolute Gasteiger partial charge is 0.397 e. The third-order valence-electron chi connectivity index (χ3n) is 4.25. The van der Waals surface area contributed by atoms with Crippen molar-refractivity contribution in [2.75, 3.05) is 5.73 Å². The Morgan fingerprint density at radius 1 is 1.47 bits per heavy atom. The van der Waals surface area contributed by atoms with E-state index in [-0.39, 0.29) is 12.0 Å². The Morgan fingerprint density at radius 2 is 2.18 bits per heavy atom. The minimum Gasteiger partial charge on any atom is -0.397 e. The molecule has 4 nitrogen and oxygen atoms in total. The molecule has 94 valence electrons. The van der Waals surface area contributed by atoms with Gasteiger partial charge in [-0.1, -0.05) is 6.92 Å². The summed E-state index contributed by atoms with van der Waals surface area (Å²) >= 11 is 0. The summed E-state index contributed by atoms with van der Waals surface area (Å²) in [6.07, 6.45) is 5.12. The van der Waals surface area contributed by atoms with E-state index < -0.39 is 5.60 Å². The van der Waals surface area contributed by atoms with E-state index in [9.17, 15) is 5.11 Å². The van der Waals surface area contributed by atoms with E-state index in [4.69, 9.17) is 11.5 Å². The molecule has 1 heterocycles. The van der Waals surface area contributed by atoms with Gasteiger partial charge in [0.15, 0.2) is 0 Å². The zero-order valence-electron chi connectivity index (χ0n) is 10.4. The first-order valence-electron chi connectivity index (χ1n) is 6.10. The van der Waals surface area contributed by atoms with E-state index in [1.807, 2.05) is 19.9 Å². The zero-order chi connectivity index (χ0) is 12.6. The molecule has 1 aliphatic carbocycles. The quantitative estimate of drug-likeness (QED) is 0.684. The monoisotopic (exact) mass is 235 g/mol. The lowest BCUT2D eigenvalue weighted by Crippen LogP contribution is -2.54. The van der Waals surface area contributed by atoms with Crippen molar-refractivity contribution in [3.8, 4) is 0 Å². The summed E-state index contributed by atoms with van der Waals surface area (Å²) in [4.78, 5) is 4.00. The van der Waals surface area contributed by atoms with Gasteiger partial charge in [0, 0.05) is 12.2 Å². The predicted molar refractivity (Wildman–Crippen MR) is 68.4 cm³/mol. The Balaban J connectivity index is 2.24. The van der Waals surface area contributed by atoms with Gasteiger partial charge in [-0.3, -0.25) is 4.98 Å². The highest BCUT2D eigenvalue weighted by Gasteiger charge is 2.42. The van der Waals surface area contributed by atoms with E-state index in [0.717, 1.165) is 24.1 Å². The van der Waals surface area contributed by atoms with Crippen molar-refractivity contribution < 1.29 is 5.11 Å². The van der Waals surface area contributed by atoms with Crippen molar-refractivity contribution in [3.63, 3.8) is 0 Å². The van der Waals surface area contributed by atoms with E-state index in [0.29, 0.717) is 5.92 Å². The molecule has 1 fully saturated rings. The van der Waals surface area contributed by atoms with Crippen LogP contribution in [0.3, 0.4) is 0 Å². The molecule has 0 spiro atoms. The fourth-order valence-electron chi connectivity index (χ4n) is 2.72. The number of nitrogen functional groups attached to an aromatic ring is 1. The number of nitrogens with zero attached hydrogens (tertiary/aromatic N) is 1. The molecule has 0 saturated heterocycles. The summed E-state index contributed by atoms with van der Waals surface area (Å²) in [5.41, 5.74) is 13.1. The molecule has 1 aliphatic rings. The van der Waals surface area contributed by atoms with E-state index in [1.165, 1.54) is 0 Å². The van der Waals surface area contributed by atoms with Crippen LogP contribution >= 0.6 is 0 Å². The van der Waals surface area contributed by atoms with Gasteiger partial charge in [0.25, 0.3) is 0 Å². The second-order valence-electron chi connectivity index (χ2n) is 5.41. The van der Waals surface area contributed by atoms with Crippen LogP contribution in [-0.4, -0.2) is 21.7 Å². The highest BCUT2D eigenvalue weighted by atomic mass is 16.3. The molecule has 2 rings (SSSR count). The number of hydrogen-bond acceptors (Lipinski definition) is 4. The lowest BCUT2D eigenvalue weighted by atomic mass is 9.68. The average Bonchev–Trinajstić information content (AvgIpc) is 2.26. The maximum absolute atomic E-state index is 10.3. The van der Waals surface area contributed by atoms with Gasteiger partial charge >= 0.3 is 0 Å². The van der Waals surface area contributed by atoms with Gasteiger partial charge in [-0.05, 0) is 43.2 Å². The lowest BCUT2D eigenvalue weighted by molar-refractivity contribution is -0.0463. The van der Waals surface area contributed by atoms with Crippen molar-refractivity contribution in [2.45, 2.75) is 44.2 Å². The first kappa shape index (κ1) is 12.3. The molecule has 4 atom stereocenters. The minimum atomic E-state index is -0.779. The molecule has 0 unspecified atom stereocenters. The fourth-order valence-corrected chi connectivity index (χ4v) is 2.72. The predicted octanol–water partition coefficient (Wildman–Crippen LogP) is 1.26. The van der Waals surface area contributed by atoms with Gasteiger partial charge in [-0.2, -0.15) is 0 Å². The SMILES string of the molecule is C[C@H]1C[C@@H](c2ccncc2N)C[C@@H](N)[C@]1(C)O. The van der Waals surface area contributed by atoms with Crippen LogP contribution in [0.25, 0.3) is 0 Å². The van der Waals surface area contributed by atoms with Gasteiger partial charge in [0.05, 0.1) is 17.5 Å². The van der Waals surface area contributed by atoms with Gasteiger partial charge < -0.3 is 16.6 Å². The second kappa shape index (κ2) is 4.27. The molecule has 17 heavy (non-hydrogen) atoms. The smallest absolute Gasteiger partial charge is 0.0795 e. The summed E-state index contributed by atoms with van der Waals surface area (Å²) in [6.45, 7) is 3.87. The molecular formula is C13H21N3O. The normalized spacial score (nSPS) is 38.0. The summed E-state index contributed by atoms with van der Waals surface area (Å²) in [5, 5.41) is 10.3. The molecule has 4 heteroatoms. The minimum absolute atomic E-state index is 0.170. The lowest BCUT2D eigenvalue weighted by Gasteiger charge is -2.44. The van der Waals surface area contributed by atoms with E-state index >= 15 is 0 Å². The summed E-state index contributed by atoms with van der Waals surface area (Å²) in [5.74, 6) is 0.493. The molecule has 5 N–H and O–H groups in total. The maximum atomic E-state index is 10.3. The van der Waals surface area contributed by atoms with Crippen LogP contribution in [0.15, 0.2) is 18.5 Å². The fraction of sp³-hybridized carbons (Fsp3) is 0.615. The summed E-state index contributed by atoms with van der Waals surface area (Å²) in [7, 11) is 0. The number of aromatic nitrogens is 1. The van der Waals surface area contributed by atoms with Gasteiger partial charge in [0.2, 0.25) is 0 Å². The molecule has 0 radical (unpaired) electrons. The molecule has 1 saturated carbocycles. The summed E-state index contributed by atoms with van der Waals surface area (Å²) < 4.78 is 0. The Hall–Kier alpha value is -1.13. The molecule has 1 aromatic heterocycles. The van der Waals surface area contributed by atoms with Crippen LogP contribution in [0, 0.1) is 5.92 Å². The van der Waals surface area contributed by atoms with Crippen molar-refractivity contribution in [1.82, 2.24) is 4.98 Å². The highest BCUT2D eigenvalue weighted by molar-refractivity contribution is 5.46. The molecule has 0 aliphatic heterocycles. The number of rotatable bonds is 1. The Bertz CT molecular complexity index is 391. The topological polar surface area (TPSA) is 85.2 Å². The third kappa shape index (κ3) is 2.15. The Morgan fingerprint density at radius 3 is 2.76 bits per heavy atom. The number of aliphatic hydroxyl groups is 1. The number of pyridine rings is 1.